The van der Waals surface area contributed by atoms with Gasteiger partial charge in [-0.2, -0.15) is 0 Å². The molecule has 1 aromatic rings. The third kappa shape index (κ3) is 4.25. The fourth-order valence-corrected chi connectivity index (χ4v) is 3.16. The summed E-state index contributed by atoms with van der Waals surface area (Å²) in [7, 11) is 0. The summed E-state index contributed by atoms with van der Waals surface area (Å²) < 4.78 is 0. The van der Waals surface area contributed by atoms with Crippen molar-refractivity contribution in [3.63, 3.8) is 0 Å². The molecule has 1 aliphatic rings. The molecule has 0 radical (unpaired) electrons. The van der Waals surface area contributed by atoms with E-state index in [4.69, 9.17) is 4.98 Å². The Morgan fingerprint density at radius 1 is 1.33 bits per heavy atom. The van der Waals surface area contributed by atoms with Crippen molar-refractivity contribution in [3.05, 3.63) is 11.1 Å². The van der Waals surface area contributed by atoms with Crippen molar-refractivity contribution >= 4 is 16.5 Å². The van der Waals surface area contributed by atoms with Crippen LogP contribution in [-0.4, -0.2) is 31.2 Å². The molecule has 18 heavy (non-hydrogen) atoms. The van der Waals surface area contributed by atoms with E-state index >= 15 is 0 Å². The Labute approximate surface area is 115 Å². The average Bonchev–Trinajstić information content (AvgIpc) is 2.84. The minimum Gasteiger partial charge on any atom is -0.348 e. The highest BCUT2D eigenvalue weighted by Gasteiger charge is 2.13. The van der Waals surface area contributed by atoms with Gasteiger partial charge in [0.2, 0.25) is 0 Å². The van der Waals surface area contributed by atoms with Gasteiger partial charge < -0.3 is 10.2 Å². The molecule has 4 heteroatoms. The minimum atomic E-state index is 0.726. The van der Waals surface area contributed by atoms with Crippen molar-refractivity contribution in [3.8, 4) is 0 Å². The maximum atomic E-state index is 4.76. The Hall–Kier alpha value is -0.610. The van der Waals surface area contributed by atoms with Gasteiger partial charge in [-0.1, -0.05) is 13.8 Å². The number of anilines is 1. The first-order valence-corrected chi connectivity index (χ1v) is 8.04. The maximum Gasteiger partial charge on any atom is 0.185 e. The van der Waals surface area contributed by atoms with Gasteiger partial charge in [0.25, 0.3) is 0 Å². The lowest BCUT2D eigenvalue weighted by Gasteiger charge is -2.25. The second-order valence-electron chi connectivity index (χ2n) is 5.52. The number of nitrogens with one attached hydrogen (secondary N) is 1. The van der Waals surface area contributed by atoms with E-state index in [1.807, 2.05) is 11.3 Å². The number of piperidine rings is 1. The number of aromatic nitrogens is 1. The van der Waals surface area contributed by atoms with Crippen molar-refractivity contribution in [1.29, 1.82) is 0 Å². The zero-order valence-electron chi connectivity index (χ0n) is 11.6. The molecule has 1 aliphatic heterocycles. The van der Waals surface area contributed by atoms with Gasteiger partial charge in [-0.25, -0.2) is 4.98 Å². The summed E-state index contributed by atoms with van der Waals surface area (Å²) in [4.78, 5) is 7.20. The molecule has 1 fully saturated rings. The molecule has 0 aliphatic carbocycles. The van der Waals surface area contributed by atoms with Crippen LogP contribution in [0.5, 0.6) is 0 Å². The minimum absolute atomic E-state index is 0.726. The van der Waals surface area contributed by atoms with Crippen LogP contribution in [0.3, 0.4) is 0 Å². The SMILES string of the molecule is CC(C)CNCCc1csc(N2CCCCC2)n1. The lowest BCUT2D eigenvalue weighted by atomic mass is 10.1. The maximum absolute atomic E-state index is 4.76. The number of nitrogens with zero attached hydrogens (tertiary/aromatic N) is 2. The van der Waals surface area contributed by atoms with Crippen LogP contribution in [0.1, 0.15) is 38.8 Å². The average molecular weight is 267 g/mol. The first-order valence-electron chi connectivity index (χ1n) is 7.16. The van der Waals surface area contributed by atoms with E-state index in [0.717, 1.165) is 25.4 Å². The lowest BCUT2D eigenvalue weighted by Crippen LogP contribution is -2.29. The summed E-state index contributed by atoms with van der Waals surface area (Å²) in [6, 6.07) is 0. The van der Waals surface area contributed by atoms with Crippen LogP contribution in [0, 0.1) is 5.92 Å². The Morgan fingerprint density at radius 3 is 2.83 bits per heavy atom. The standard InChI is InChI=1S/C14H25N3S/c1-12(2)10-15-7-6-13-11-18-14(16-13)17-8-4-3-5-9-17/h11-12,15H,3-10H2,1-2H3. The molecular formula is C14H25N3S. The number of hydrogen-bond acceptors (Lipinski definition) is 4. The molecule has 1 aromatic heterocycles. The molecule has 0 saturated carbocycles. The second kappa shape index (κ2) is 7.10. The van der Waals surface area contributed by atoms with Crippen LogP contribution >= 0.6 is 11.3 Å². The summed E-state index contributed by atoms with van der Waals surface area (Å²) >= 11 is 1.81. The van der Waals surface area contributed by atoms with E-state index in [9.17, 15) is 0 Å². The van der Waals surface area contributed by atoms with Crippen molar-refractivity contribution in [2.75, 3.05) is 31.1 Å². The number of hydrogen-bond donors (Lipinski definition) is 1. The fourth-order valence-electron chi connectivity index (χ4n) is 2.25. The van der Waals surface area contributed by atoms with Gasteiger partial charge in [-0.05, 0) is 31.7 Å². The second-order valence-corrected chi connectivity index (χ2v) is 6.35. The fraction of sp³-hybridized carbons (Fsp3) is 0.786. The molecule has 2 rings (SSSR count). The monoisotopic (exact) mass is 267 g/mol. The highest BCUT2D eigenvalue weighted by atomic mass is 32.1. The van der Waals surface area contributed by atoms with E-state index in [0.29, 0.717) is 0 Å². The molecule has 0 bridgehead atoms. The highest BCUT2D eigenvalue weighted by molar-refractivity contribution is 7.13. The zero-order valence-corrected chi connectivity index (χ0v) is 12.4. The summed E-state index contributed by atoms with van der Waals surface area (Å²) in [6.45, 7) is 9.01. The van der Waals surface area contributed by atoms with E-state index in [1.165, 1.54) is 43.2 Å². The molecule has 0 spiro atoms. The Balaban J connectivity index is 1.75. The molecule has 102 valence electrons. The predicted molar refractivity (Wildman–Crippen MR) is 79.6 cm³/mol. The molecule has 1 N–H and O–H groups in total. The van der Waals surface area contributed by atoms with Crippen molar-refractivity contribution in [2.24, 2.45) is 5.92 Å². The van der Waals surface area contributed by atoms with E-state index in [2.05, 4.69) is 29.4 Å². The molecule has 0 unspecified atom stereocenters. The van der Waals surface area contributed by atoms with Gasteiger partial charge in [-0.3, -0.25) is 0 Å². The van der Waals surface area contributed by atoms with Crippen LogP contribution in [0.15, 0.2) is 5.38 Å². The quantitative estimate of drug-likeness (QED) is 0.803. The molecule has 0 atom stereocenters. The largest absolute Gasteiger partial charge is 0.348 e. The van der Waals surface area contributed by atoms with Gasteiger partial charge in [0, 0.05) is 31.4 Å². The Kier molecular flexibility index (Phi) is 5.45. The van der Waals surface area contributed by atoms with E-state index in [-0.39, 0.29) is 0 Å². The first-order chi connectivity index (χ1) is 8.75. The third-order valence-corrected chi connectivity index (χ3v) is 4.23. The topological polar surface area (TPSA) is 28.2 Å². The lowest BCUT2D eigenvalue weighted by molar-refractivity contribution is 0.552. The van der Waals surface area contributed by atoms with Crippen LogP contribution < -0.4 is 10.2 Å². The van der Waals surface area contributed by atoms with Crippen LogP contribution in [0.25, 0.3) is 0 Å². The zero-order chi connectivity index (χ0) is 12.8. The van der Waals surface area contributed by atoms with Crippen LogP contribution in [0.2, 0.25) is 0 Å². The first kappa shape index (κ1) is 13.8. The van der Waals surface area contributed by atoms with Crippen LogP contribution in [-0.2, 0) is 6.42 Å². The summed E-state index contributed by atoms with van der Waals surface area (Å²) in [5.74, 6) is 0.726. The summed E-state index contributed by atoms with van der Waals surface area (Å²) in [5.41, 5.74) is 1.25. The molecule has 3 nitrogen and oxygen atoms in total. The van der Waals surface area contributed by atoms with Gasteiger partial charge in [0.05, 0.1) is 5.69 Å². The summed E-state index contributed by atoms with van der Waals surface area (Å²) in [5, 5.41) is 6.93. The molecule has 2 heterocycles. The van der Waals surface area contributed by atoms with Crippen molar-refractivity contribution in [1.82, 2.24) is 10.3 Å². The molecule has 1 saturated heterocycles. The van der Waals surface area contributed by atoms with E-state index in [1.54, 1.807) is 0 Å². The normalized spacial score (nSPS) is 16.5. The highest BCUT2D eigenvalue weighted by Crippen LogP contribution is 2.23. The molecular weight excluding hydrogens is 242 g/mol. The van der Waals surface area contributed by atoms with E-state index < -0.39 is 0 Å². The smallest absolute Gasteiger partial charge is 0.185 e. The third-order valence-electron chi connectivity index (χ3n) is 3.28. The van der Waals surface area contributed by atoms with Gasteiger partial charge in [0.1, 0.15) is 0 Å². The van der Waals surface area contributed by atoms with Gasteiger partial charge >= 0.3 is 0 Å². The van der Waals surface area contributed by atoms with Crippen molar-refractivity contribution < 1.29 is 0 Å². The Bertz CT molecular complexity index is 343. The number of thiazole rings is 1. The molecule has 0 amide bonds. The van der Waals surface area contributed by atoms with Crippen molar-refractivity contribution in [2.45, 2.75) is 39.5 Å². The van der Waals surface area contributed by atoms with Gasteiger partial charge in [-0.15, -0.1) is 11.3 Å². The Morgan fingerprint density at radius 2 is 2.11 bits per heavy atom. The molecule has 0 aromatic carbocycles. The number of rotatable bonds is 6. The van der Waals surface area contributed by atoms with Gasteiger partial charge in [0.15, 0.2) is 5.13 Å². The predicted octanol–water partition coefficient (Wildman–Crippen LogP) is 2.92. The van der Waals surface area contributed by atoms with Crippen LogP contribution in [0.4, 0.5) is 5.13 Å². The summed E-state index contributed by atoms with van der Waals surface area (Å²) in [6.07, 6.45) is 5.08.